The number of aryl methyl sites for hydroxylation is 4. The first-order chi connectivity index (χ1) is 52.1. The van der Waals surface area contributed by atoms with Crippen molar-refractivity contribution in [1.82, 2.24) is 9.97 Å². The smallest absolute Gasteiger partial charge is 0.294 e. The van der Waals surface area contributed by atoms with Crippen molar-refractivity contribution in [1.29, 1.82) is 0 Å². The van der Waals surface area contributed by atoms with Crippen LogP contribution in [0.25, 0.3) is 120 Å². The molecule has 0 amide bonds. The van der Waals surface area contributed by atoms with E-state index >= 15 is 0 Å². The van der Waals surface area contributed by atoms with Crippen molar-refractivity contribution < 1.29 is 64.8 Å². The summed E-state index contributed by atoms with van der Waals surface area (Å²) >= 11 is 1.64. The Labute approximate surface area is 623 Å². The maximum Gasteiger partial charge on any atom is 0.294 e. The summed E-state index contributed by atoms with van der Waals surface area (Å²) in [7, 11) is -9.07. The second-order valence-electron chi connectivity index (χ2n) is 27.8. The molecule has 0 unspecified atom stereocenters. The lowest BCUT2D eigenvalue weighted by molar-refractivity contribution is -0.432. The van der Waals surface area contributed by atoms with Gasteiger partial charge in [0.15, 0.2) is 0 Å². The van der Waals surface area contributed by atoms with Crippen molar-refractivity contribution in [3.8, 4) is 33.4 Å². The maximum absolute atomic E-state index is 13.2. The fourth-order valence-electron chi connectivity index (χ4n) is 18.3. The number of anilines is 2. The first kappa shape index (κ1) is 67.3. The Kier molecular flexibility index (Phi) is 15.0. The van der Waals surface area contributed by atoms with Crippen LogP contribution in [-0.4, -0.2) is 58.0 Å². The highest BCUT2D eigenvalue weighted by atomic mass is 32.2. The summed E-state index contributed by atoms with van der Waals surface area (Å²) in [6.07, 6.45) is 0. The number of hydrogen-bond acceptors (Lipinski definition) is 18. The van der Waals surface area contributed by atoms with Gasteiger partial charge in [0, 0.05) is 53.2 Å². The lowest BCUT2D eigenvalue weighted by Crippen LogP contribution is -2.26. The number of fused-ring (bicyclic) bond motifs is 26. The molecule has 8 N–H and O–H groups in total. The SMILES string of the molecule is Cc1cc2c(cc1SOOO)-c1cc(S(=O)(=O)O)c(C)cc1C21c2cccc3c2-c2c(cccc21)C(=O)C3=O.Cc1cc2c(cc1SOOO)-c1cc(S(=O)(=O)O)c(C)cc1C21c2cccc3c4nc5c6ccccc6c6ccccc6c5nc4c4cccc1c4c23.Nc1c(N)c2ccccc2c2ccccc12. The van der Waals surface area contributed by atoms with Crippen LogP contribution < -0.4 is 11.5 Å². The van der Waals surface area contributed by atoms with Crippen molar-refractivity contribution in [3.05, 3.63) is 296 Å². The molecule has 5 aliphatic carbocycles. The zero-order chi connectivity index (χ0) is 74.5. The fourth-order valence-corrected chi connectivity index (χ4v) is 20.6. The molecule has 0 atom stereocenters. The molecule has 18 nitrogen and oxygen atoms in total. The maximum atomic E-state index is 13.2. The van der Waals surface area contributed by atoms with Gasteiger partial charge in [0.2, 0.25) is 11.6 Å². The van der Waals surface area contributed by atoms with Gasteiger partial charge < -0.3 is 11.5 Å². The Morgan fingerprint density at radius 2 is 0.639 bits per heavy atom. The van der Waals surface area contributed by atoms with Crippen molar-refractivity contribution in [2.24, 2.45) is 0 Å². The highest BCUT2D eigenvalue weighted by molar-refractivity contribution is 7.94. The van der Waals surface area contributed by atoms with Gasteiger partial charge in [-0.15, -0.1) is 8.67 Å². The van der Waals surface area contributed by atoms with Crippen molar-refractivity contribution in [2.75, 3.05) is 11.5 Å². The first-order valence-electron chi connectivity index (χ1n) is 34.2. The number of hydrogen-bond donors (Lipinski definition) is 6. The molecule has 0 saturated carbocycles. The molecule has 0 fully saturated rings. The Bertz CT molecular complexity index is 6870. The van der Waals surface area contributed by atoms with Gasteiger partial charge in [0.25, 0.3) is 20.2 Å². The molecule has 22 heteroatoms. The predicted molar refractivity (Wildman–Crippen MR) is 419 cm³/mol. The normalized spacial score (nSPS) is 14.2. The Morgan fingerprint density at radius 1 is 0.343 bits per heavy atom. The summed E-state index contributed by atoms with van der Waals surface area (Å²) in [5.74, 6) is -1.12. The number of nitrogens with zero attached hydrogens (tertiary/aromatic N) is 2. The molecule has 108 heavy (non-hydrogen) atoms. The van der Waals surface area contributed by atoms with Gasteiger partial charge in [-0.05, 0) is 184 Å². The van der Waals surface area contributed by atoms with E-state index in [2.05, 4.69) is 101 Å². The summed E-state index contributed by atoms with van der Waals surface area (Å²) in [5.41, 5.74) is 29.5. The molecule has 16 aromatic rings. The van der Waals surface area contributed by atoms with Gasteiger partial charge in [-0.25, -0.2) is 20.5 Å². The molecule has 15 aromatic carbocycles. The van der Waals surface area contributed by atoms with E-state index in [0.717, 1.165) is 172 Å². The van der Waals surface area contributed by atoms with E-state index in [0.29, 0.717) is 71.2 Å². The molecule has 0 bridgehead atoms. The average Bonchev–Trinajstić information content (AvgIpc) is 1.50. The van der Waals surface area contributed by atoms with E-state index in [9.17, 15) is 35.5 Å². The molecule has 1 aromatic heterocycles. The van der Waals surface area contributed by atoms with Crippen LogP contribution in [0, 0.1) is 27.7 Å². The quantitative estimate of drug-likeness (QED) is 0.00948. The molecule has 0 saturated heterocycles. The molecule has 21 rings (SSSR count). The van der Waals surface area contributed by atoms with Crippen molar-refractivity contribution in [3.63, 3.8) is 0 Å². The van der Waals surface area contributed by atoms with Crippen molar-refractivity contribution in [2.45, 2.75) is 58.1 Å². The lowest BCUT2D eigenvalue weighted by Gasteiger charge is -2.31. The molecular weight excluding hydrogens is 1440 g/mol. The van der Waals surface area contributed by atoms with Crippen LogP contribution in [-0.2, 0) is 49.8 Å². The summed E-state index contributed by atoms with van der Waals surface area (Å²) in [6.45, 7) is 7.16. The standard InChI is InChI=1S/C43H26N2O6S2.C29H18O8S2.C14H12N2/c1-21-17-33-29(19-35(21)52-51-50-46)30-20-36(53(47,48)49)22(2)18-34(30)43(33)31-15-7-13-27-37(31)38-28(14-8-16-32(38)43)42-41(27)44-39-25-11-5-3-9-23(25)24-10-4-6-12-26(24)40(39)45-42;1-13-9-21-17(11-23(13)38-37-36-32)18-12-24(39(33,34)35)14(2)10-22(18)29(21)19-7-3-5-15-25(19)26-16(28(31)27(15)30)6-4-8-20(26)29;15-13-11-7-3-1-5-9(11)10-6-2-4-8-12(10)14(13)16/h3-20,46H,1-2H3,(H,47,48,49);3-12,32H,1-2H3,(H,33,34,35);1-8H,15-16H2. The zero-order valence-electron chi connectivity index (χ0n) is 57.3. The number of Topliss-reactive ketones (excluding diaryl/α,β-unsaturated/α-hetero) is 2. The third-order valence-corrected chi connectivity index (χ3v) is 26.0. The Hall–Kier alpha value is -11.3. The summed E-state index contributed by atoms with van der Waals surface area (Å²) in [5, 5.41) is 38.3. The zero-order valence-corrected chi connectivity index (χ0v) is 60.6. The van der Waals surface area contributed by atoms with Crippen LogP contribution in [0.2, 0.25) is 0 Å². The fraction of sp³-hybridized carbons (Fsp3) is 0.0698. The second-order valence-corrected chi connectivity index (χ2v) is 32.0. The van der Waals surface area contributed by atoms with Crippen LogP contribution in [0.3, 0.4) is 0 Å². The lowest BCUT2D eigenvalue weighted by atomic mass is 9.69. The van der Waals surface area contributed by atoms with Gasteiger partial charge in [0.05, 0.1) is 78.1 Å². The highest BCUT2D eigenvalue weighted by Crippen LogP contribution is 2.67. The number of nitrogens with two attached hydrogens (primary N) is 2. The molecule has 1 heterocycles. The van der Waals surface area contributed by atoms with E-state index in [1.807, 2.05) is 98.8 Å². The first-order valence-corrected chi connectivity index (χ1v) is 38.5. The van der Waals surface area contributed by atoms with Crippen LogP contribution in [0.1, 0.15) is 87.5 Å². The largest absolute Gasteiger partial charge is 0.397 e. The van der Waals surface area contributed by atoms with Gasteiger partial charge >= 0.3 is 0 Å². The van der Waals surface area contributed by atoms with E-state index < -0.39 is 42.6 Å². The van der Waals surface area contributed by atoms with E-state index in [4.69, 9.17) is 40.6 Å². The number of carbonyl (C=O) groups is 2. The second kappa shape index (κ2) is 24.1. The minimum atomic E-state index is -4.54. The van der Waals surface area contributed by atoms with Gasteiger partial charge in [-0.2, -0.15) is 16.8 Å². The molecule has 0 radical (unpaired) electrons. The van der Waals surface area contributed by atoms with Crippen LogP contribution in [0.4, 0.5) is 11.4 Å². The Balaban J connectivity index is 0.000000126. The van der Waals surface area contributed by atoms with Crippen LogP contribution >= 0.6 is 24.1 Å². The van der Waals surface area contributed by atoms with Gasteiger partial charge in [0.1, 0.15) is 0 Å². The number of carbonyl (C=O) groups excluding carboxylic acids is 2. The Morgan fingerprint density at radius 3 is 1.01 bits per heavy atom. The average molecular weight is 1500 g/mol. The van der Waals surface area contributed by atoms with Crippen LogP contribution in [0.15, 0.2) is 238 Å². The third-order valence-electron chi connectivity index (χ3n) is 22.5. The number of ketones is 2. The molecule has 2 spiro atoms. The summed E-state index contributed by atoms with van der Waals surface area (Å²) in [4.78, 5) is 38.2. The topological polar surface area (TPSA) is 298 Å². The third kappa shape index (κ3) is 9.19. The molecule has 528 valence electrons. The number of nitrogen functional groups attached to an aromatic ring is 2. The monoisotopic (exact) mass is 1500 g/mol. The number of benzene rings is 15. The van der Waals surface area contributed by atoms with Gasteiger partial charge in [-0.1, -0.05) is 204 Å². The van der Waals surface area contributed by atoms with Gasteiger partial charge in [-0.3, -0.25) is 18.7 Å². The minimum Gasteiger partial charge on any atom is -0.397 e. The molecule has 5 aliphatic rings. The highest BCUT2D eigenvalue weighted by Gasteiger charge is 2.56. The molecular formula is C86H56N4O14S4. The summed E-state index contributed by atoms with van der Waals surface area (Å²) in [6, 6.07) is 70.8. The van der Waals surface area contributed by atoms with E-state index in [1.165, 1.54) is 6.07 Å². The summed E-state index contributed by atoms with van der Waals surface area (Å²) < 4.78 is 79.9. The van der Waals surface area contributed by atoms with Crippen LogP contribution in [0.5, 0.6) is 0 Å². The predicted octanol–water partition coefficient (Wildman–Crippen LogP) is 19.2. The number of aromatic nitrogens is 2. The van der Waals surface area contributed by atoms with E-state index in [1.54, 1.807) is 50.2 Å². The van der Waals surface area contributed by atoms with E-state index in [-0.39, 0.29) is 9.79 Å². The van der Waals surface area contributed by atoms with Crippen molar-refractivity contribution >= 4 is 154 Å². The molecule has 0 aliphatic heterocycles. The minimum absolute atomic E-state index is 0.152. The number of rotatable bonds is 8.